The van der Waals surface area contributed by atoms with Gasteiger partial charge in [0, 0.05) is 25.0 Å². The summed E-state index contributed by atoms with van der Waals surface area (Å²) >= 11 is 12.7. The Morgan fingerprint density at radius 2 is 1.57 bits per heavy atom. The van der Waals surface area contributed by atoms with E-state index in [2.05, 4.69) is 5.32 Å². The molecule has 0 aliphatic heterocycles. The highest BCUT2D eigenvalue weighted by Crippen LogP contribution is 2.32. The van der Waals surface area contributed by atoms with Crippen LogP contribution in [0.3, 0.4) is 0 Å². The lowest BCUT2D eigenvalue weighted by molar-refractivity contribution is -0.139. The summed E-state index contributed by atoms with van der Waals surface area (Å²) in [5, 5.41) is 3.30. The number of hydrogen-bond acceptors (Lipinski definition) is 5. The smallest absolute Gasteiger partial charge is 0.264 e. The molecule has 0 aliphatic carbocycles. The number of methoxy groups -OCH3 is 1. The number of aryl methyl sites for hydroxylation is 1. The van der Waals surface area contributed by atoms with Gasteiger partial charge in [0.05, 0.1) is 22.7 Å². The number of nitrogens with zero attached hydrogens (tertiary/aromatic N) is 2. The fourth-order valence-corrected chi connectivity index (χ4v) is 6.60. The number of likely N-dealkylation sites (N-methyl/N-ethyl adjacent to an activating group) is 1. The largest absolute Gasteiger partial charge is 0.495 e. The van der Waals surface area contributed by atoms with Crippen molar-refractivity contribution in [3.63, 3.8) is 0 Å². The summed E-state index contributed by atoms with van der Waals surface area (Å²) in [6.07, 6.45) is 0.200. The molecule has 0 aromatic heterocycles. The fourth-order valence-electron chi connectivity index (χ4n) is 4.73. The van der Waals surface area contributed by atoms with Crippen LogP contribution in [0.2, 0.25) is 10.0 Å². The Bertz CT molecular complexity index is 1720. The van der Waals surface area contributed by atoms with Gasteiger partial charge in [-0.3, -0.25) is 13.9 Å². The van der Waals surface area contributed by atoms with Gasteiger partial charge in [-0.25, -0.2) is 8.42 Å². The molecule has 0 saturated carbocycles. The maximum absolute atomic E-state index is 14.4. The van der Waals surface area contributed by atoms with E-state index in [9.17, 15) is 18.0 Å². The first kappa shape index (κ1) is 32.9. The van der Waals surface area contributed by atoms with Gasteiger partial charge in [-0.05, 0) is 60.5 Å². The normalized spacial score (nSPS) is 11.8. The Hall–Kier alpha value is -4.05. The SMILES string of the molecule is CNC(=O)C(Cc1ccccc1)N(Cc1cccc(Cl)c1)C(=O)CN(c1ccc(OC)c(Cl)c1)S(=O)(=O)c1ccc(C)cc1. The number of halogens is 2. The zero-order chi connectivity index (χ0) is 31.9. The van der Waals surface area contributed by atoms with Crippen molar-refractivity contribution in [2.75, 3.05) is 25.0 Å². The van der Waals surface area contributed by atoms with Crippen molar-refractivity contribution < 1.29 is 22.7 Å². The molecule has 44 heavy (non-hydrogen) atoms. The minimum Gasteiger partial charge on any atom is -0.495 e. The molecule has 11 heteroatoms. The van der Waals surface area contributed by atoms with Crippen LogP contribution in [0.15, 0.2) is 102 Å². The van der Waals surface area contributed by atoms with Gasteiger partial charge in [0.15, 0.2) is 0 Å². The summed E-state index contributed by atoms with van der Waals surface area (Å²) in [6, 6.07) is 26.1. The van der Waals surface area contributed by atoms with Crippen LogP contribution in [0.25, 0.3) is 0 Å². The minimum absolute atomic E-state index is 0.00336. The van der Waals surface area contributed by atoms with E-state index in [1.165, 1.54) is 49.4 Å². The molecule has 0 bridgehead atoms. The summed E-state index contributed by atoms with van der Waals surface area (Å²) in [4.78, 5) is 29.1. The van der Waals surface area contributed by atoms with Crippen LogP contribution >= 0.6 is 23.2 Å². The average Bonchev–Trinajstić information content (AvgIpc) is 3.01. The van der Waals surface area contributed by atoms with E-state index in [-0.39, 0.29) is 28.6 Å². The van der Waals surface area contributed by atoms with Crippen molar-refractivity contribution in [3.05, 3.63) is 124 Å². The summed E-state index contributed by atoms with van der Waals surface area (Å²) in [5.74, 6) is -0.652. The molecular weight excluding hydrogens is 621 g/mol. The van der Waals surface area contributed by atoms with E-state index >= 15 is 0 Å². The molecule has 1 unspecified atom stereocenters. The molecule has 2 amide bonds. The molecule has 0 radical (unpaired) electrons. The van der Waals surface area contributed by atoms with E-state index in [1.807, 2.05) is 37.3 Å². The standard InChI is InChI=1S/C33H33Cl2N3O5S/c1-23-12-15-28(16-13-23)44(41,42)38(27-14-17-31(43-3)29(35)20-27)22-32(39)37(21-25-10-7-11-26(34)18-25)30(33(40)36-2)19-24-8-5-4-6-9-24/h4-18,20,30H,19,21-22H2,1-3H3,(H,36,40). The number of nitrogens with one attached hydrogen (secondary N) is 1. The summed E-state index contributed by atoms with van der Waals surface area (Å²) in [5.41, 5.74) is 2.54. The number of carbonyl (C=O) groups excluding carboxylic acids is 2. The number of carbonyl (C=O) groups is 2. The maximum atomic E-state index is 14.4. The number of anilines is 1. The third-order valence-corrected chi connectivity index (χ3v) is 9.39. The molecule has 4 rings (SSSR count). The van der Waals surface area contributed by atoms with Gasteiger partial charge in [0.2, 0.25) is 11.8 Å². The number of ether oxygens (including phenoxy) is 1. The highest BCUT2D eigenvalue weighted by Gasteiger charge is 2.34. The van der Waals surface area contributed by atoms with Gasteiger partial charge in [-0.2, -0.15) is 0 Å². The summed E-state index contributed by atoms with van der Waals surface area (Å²) in [7, 11) is -1.32. The van der Waals surface area contributed by atoms with Crippen LogP contribution < -0.4 is 14.4 Å². The van der Waals surface area contributed by atoms with Crippen molar-refractivity contribution >= 4 is 50.7 Å². The third kappa shape index (κ3) is 7.91. The number of rotatable bonds is 12. The van der Waals surface area contributed by atoms with Crippen LogP contribution in [0.1, 0.15) is 16.7 Å². The van der Waals surface area contributed by atoms with Gasteiger partial charge in [0.25, 0.3) is 10.0 Å². The van der Waals surface area contributed by atoms with E-state index in [0.717, 1.165) is 15.4 Å². The maximum Gasteiger partial charge on any atom is 0.264 e. The van der Waals surface area contributed by atoms with Gasteiger partial charge in [-0.1, -0.05) is 83.4 Å². The Balaban J connectivity index is 1.81. The number of sulfonamides is 1. The lowest BCUT2D eigenvalue weighted by atomic mass is 10.0. The van der Waals surface area contributed by atoms with E-state index < -0.39 is 34.4 Å². The van der Waals surface area contributed by atoms with Gasteiger partial charge in [-0.15, -0.1) is 0 Å². The minimum atomic E-state index is -4.26. The Kier molecular flexibility index (Phi) is 10.9. The molecule has 0 spiro atoms. The highest BCUT2D eigenvalue weighted by atomic mass is 35.5. The quantitative estimate of drug-likeness (QED) is 0.206. The molecule has 0 fully saturated rings. The number of hydrogen-bond donors (Lipinski definition) is 1. The van der Waals surface area contributed by atoms with Crippen molar-refractivity contribution in [3.8, 4) is 5.75 Å². The molecular formula is C33H33Cl2N3O5S. The van der Waals surface area contributed by atoms with Gasteiger partial charge in [0.1, 0.15) is 18.3 Å². The molecule has 0 saturated heterocycles. The topological polar surface area (TPSA) is 96.0 Å². The summed E-state index contributed by atoms with van der Waals surface area (Å²) in [6.45, 7) is 1.24. The second-order valence-corrected chi connectivity index (χ2v) is 12.8. The van der Waals surface area contributed by atoms with Crippen molar-refractivity contribution in [1.82, 2.24) is 10.2 Å². The molecule has 1 N–H and O–H groups in total. The summed E-state index contributed by atoms with van der Waals surface area (Å²) < 4.78 is 34.5. The van der Waals surface area contributed by atoms with Gasteiger partial charge < -0.3 is 15.0 Å². The lowest BCUT2D eigenvalue weighted by Gasteiger charge is -2.33. The fraction of sp³-hybridized carbons (Fsp3) is 0.212. The zero-order valence-electron chi connectivity index (χ0n) is 24.5. The first-order valence-electron chi connectivity index (χ1n) is 13.8. The third-order valence-electron chi connectivity index (χ3n) is 7.07. The lowest BCUT2D eigenvalue weighted by Crippen LogP contribution is -2.53. The average molecular weight is 655 g/mol. The highest BCUT2D eigenvalue weighted by molar-refractivity contribution is 7.92. The van der Waals surface area contributed by atoms with E-state index in [1.54, 1.807) is 36.4 Å². The predicted molar refractivity (Wildman–Crippen MR) is 174 cm³/mol. The van der Waals surface area contributed by atoms with E-state index in [4.69, 9.17) is 27.9 Å². The van der Waals surface area contributed by atoms with Crippen LogP contribution in [-0.2, 0) is 32.6 Å². The second-order valence-electron chi connectivity index (χ2n) is 10.1. The van der Waals surface area contributed by atoms with Crippen molar-refractivity contribution in [2.45, 2.75) is 30.8 Å². The zero-order valence-corrected chi connectivity index (χ0v) is 26.9. The predicted octanol–water partition coefficient (Wildman–Crippen LogP) is 5.89. The first-order chi connectivity index (χ1) is 21.0. The molecule has 230 valence electrons. The molecule has 0 heterocycles. The Labute approximate surface area is 268 Å². The monoisotopic (exact) mass is 653 g/mol. The van der Waals surface area contributed by atoms with E-state index in [0.29, 0.717) is 16.3 Å². The molecule has 1 atom stereocenters. The number of benzene rings is 4. The molecule has 8 nitrogen and oxygen atoms in total. The van der Waals surface area contributed by atoms with Crippen molar-refractivity contribution in [2.24, 2.45) is 0 Å². The van der Waals surface area contributed by atoms with Gasteiger partial charge >= 0.3 is 0 Å². The number of amides is 2. The van der Waals surface area contributed by atoms with Crippen molar-refractivity contribution in [1.29, 1.82) is 0 Å². The molecule has 4 aromatic rings. The van der Waals surface area contributed by atoms with Crippen LogP contribution in [0.5, 0.6) is 5.75 Å². The second kappa shape index (κ2) is 14.6. The van der Waals surface area contributed by atoms with Crippen LogP contribution in [-0.4, -0.2) is 51.9 Å². The van der Waals surface area contributed by atoms with Crippen LogP contribution in [0, 0.1) is 6.92 Å². The molecule has 4 aromatic carbocycles. The first-order valence-corrected chi connectivity index (χ1v) is 16.0. The Morgan fingerprint density at radius 1 is 0.886 bits per heavy atom. The Morgan fingerprint density at radius 3 is 2.18 bits per heavy atom. The van der Waals surface area contributed by atoms with Crippen LogP contribution in [0.4, 0.5) is 5.69 Å². The molecule has 0 aliphatic rings.